The summed E-state index contributed by atoms with van der Waals surface area (Å²) < 4.78 is 50.6. The van der Waals surface area contributed by atoms with Crippen LogP contribution in [0.5, 0.6) is 17.2 Å². The molecular weight excluding hydrogens is 516 g/mol. The first-order chi connectivity index (χ1) is 19.0. The van der Waals surface area contributed by atoms with Crippen LogP contribution in [0.4, 0.5) is 5.88 Å². The minimum absolute atomic E-state index is 0.0848. The monoisotopic (exact) mass is 546 g/mol. The SMILES string of the molecule is COc1ccc(-c2nc(S(=O)(=O)c3ccc4c(c3)OCCO4)c(N3CCC(Cc4ccccc4)CC3)o2)cc1. The van der Waals surface area contributed by atoms with Crippen molar-refractivity contribution in [1.82, 2.24) is 4.98 Å². The molecular formula is C30H30N2O6S. The average Bonchev–Trinajstić information content (AvgIpc) is 3.44. The summed E-state index contributed by atoms with van der Waals surface area (Å²) in [6.45, 7) is 2.15. The van der Waals surface area contributed by atoms with Gasteiger partial charge in [-0.2, -0.15) is 4.98 Å². The predicted octanol–water partition coefficient (Wildman–Crippen LogP) is 5.41. The maximum absolute atomic E-state index is 14.0. The molecule has 0 atom stereocenters. The topological polar surface area (TPSA) is 91.1 Å². The van der Waals surface area contributed by atoms with Crippen LogP contribution in [0, 0.1) is 5.92 Å². The molecule has 3 aromatic carbocycles. The smallest absolute Gasteiger partial charge is 0.236 e. The Hall–Kier alpha value is -3.98. The summed E-state index contributed by atoms with van der Waals surface area (Å²) in [4.78, 5) is 6.64. The third-order valence-electron chi connectivity index (χ3n) is 7.26. The third kappa shape index (κ3) is 5.18. The van der Waals surface area contributed by atoms with E-state index in [0.717, 1.165) is 19.3 Å². The van der Waals surface area contributed by atoms with Gasteiger partial charge in [0.2, 0.25) is 26.6 Å². The van der Waals surface area contributed by atoms with Crippen LogP contribution in [0.15, 0.2) is 87.1 Å². The van der Waals surface area contributed by atoms with Crippen molar-refractivity contribution < 1.29 is 27.0 Å². The number of methoxy groups -OCH3 is 1. The van der Waals surface area contributed by atoms with Gasteiger partial charge in [-0.05, 0) is 67.1 Å². The van der Waals surface area contributed by atoms with E-state index in [9.17, 15) is 8.42 Å². The number of aromatic nitrogens is 1. The fraction of sp³-hybridized carbons (Fsp3) is 0.300. The van der Waals surface area contributed by atoms with Gasteiger partial charge in [-0.3, -0.25) is 0 Å². The van der Waals surface area contributed by atoms with Gasteiger partial charge in [0.1, 0.15) is 19.0 Å². The molecule has 9 heteroatoms. The normalized spacial score (nSPS) is 15.8. The number of benzene rings is 3. The van der Waals surface area contributed by atoms with E-state index >= 15 is 0 Å². The lowest BCUT2D eigenvalue weighted by molar-refractivity contribution is 0.171. The number of hydrogen-bond donors (Lipinski definition) is 0. The van der Waals surface area contributed by atoms with Gasteiger partial charge in [-0.1, -0.05) is 30.3 Å². The fourth-order valence-electron chi connectivity index (χ4n) is 5.12. The molecule has 1 saturated heterocycles. The van der Waals surface area contributed by atoms with Crippen molar-refractivity contribution in [2.24, 2.45) is 5.92 Å². The minimum Gasteiger partial charge on any atom is -0.497 e. The maximum Gasteiger partial charge on any atom is 0.236 e. The van der Waals surface area contributed by atoms with Gasteiger partial charge in [0, 0.05) is 24.7 Å². The summed E-state index contributed by atoms with van der Waals surface area (Å²) >= 11 is 0. The molecule has 0 N–H and O–H groups in total. The second-order valence-electron chi connectivity index (χ2n) is 9.79. The van der Waals surface area contributed by atoms with Gasteiger partial charge in [0.05, 0.1) is 12.0 Å². The zero-order valence-electron chi connectivity index (χ0n) is 21.7. The standard InChI is InChI=1S/C30H30N2O6S/c1-35-24-9-7-23(8-10-24)28-31-29(39(33,34)25-11-12-26-27(20-25)37-18-17-36-26)30(38-28)32-15-13-22(14-16-32)19-21-5-3-2-4-6-21/h2-12,20,22H,13-19H2,1H3. The van der Waals surface area contributed by atoms with Gasteiger partial charge in [-0.15, -0.1) is 0 Å². The molecule has 0 amide bonds. The maximum atomic E-state index is 14.0. The molecule has 2 aliphatic rings. The van der Waals surface area contributed by atoms with E-state index in [0.29, 0.717) is 55.0 Å². The third-order valence-corrected chi connectivity index (χ3v) is 8.91. The summed E-state index contributed by atoms with van der Waals surface area (Å²) in [5, 5.41) is -0.0912. The fourth-order valence-corrected chi connectivity index (χ4v) is 6.46. The Morgan fingerprint density at radius 1 is 0.923 bits per heavy atom. The molecule has 0 aliphatic carbocycles. The van der Waals surface area contributed by atoms with Gasteiger partial charge in [0.25, 0.3) is 0 Å². The molecule has 4 aromatic rings. The van der Waals surface area contributed by atoms with Crippen LogP contribution in [0.2, 0.25) is 0 Å². The Bertz CT molecular complexity index is 1540. The molecule has 2 aliphatic heterocycles. The Morgan fingerprint density at radius 3 is 2.36 bits per heavy atom. The number of rotatable bonds is 7. The highest BCUT2D eigenvalue weighted by molar-refractivity contribution is 7.91. The lowest BCUT2D eigenvalue weighted by atomic mass is 9.90. The van der Waals surface area contributed by atoms with Crippen LogP contribution in [-0.2, 0) is 16.3 Å². The first-order valence-electron chi connectivity index (χ1n) is 13.1. The van der Waals surface area contributed by atoms with Gasteiger partial charge in [-0.25, -0.2) is 8.42 Å². The molecule has 0 saturated carbocycles. The predicted molar refractivity (Wildman–Crippen MR) is 146 cm³/mol. The molecule has 0 spiro atoms. The highest BCUT2D eigenvalue weighted by Gasteiger charge is 2.34. The molecule has 3 heterocycles. The molecule has 0 bridgehead atoms. The number of anilines is 1. The van der Waals surface area contributed by atoms with Crippen molar-refractivity contribution in [3.63, 3.8) is 0 Å². The molecule has 6 rings (SSSR count). The van der Waals surface area contributed by atoms with E-state index in [-0.39, 0.29) is 21.7 Å². The average molecular weight is 547 g/mol. The number of nitrogens with zero attached hydrogens (tertiary/aromatic N) is 2. The summed E-state index contributed by atoms with van der Waals surface area (Å²) in [7, 11) is -2.43. The van der Waals surface area contributed by atoms with Gasteiger partial charge in [0.15, 0.2) is 11.5 Å². The number of piperidine rings is 1. The molecule has 39 heavy (non-hydrogen) atoms. The van der Waals surface area contributed by atoms with Crippen LogP contribution < -0.4 is 19.1 Å². The van der Waals surface area contributed by atoms with Crippen molar-refractivity contribution in [2.45, 2.75) is 29.2 Å². The van der Waals surface area contributed by atoms with E-state index in [2.05, 4.69) is 29.2 Å². The first-order valence-corrected chi connectivity index (χ1v) is 14.6. The van der Waals surface area contributed by atoms with E-state index in [1.807, 2.05) is 11.0 Å². The lowest BCUT2D eigenvalue weighted by Gasteiger charge is -2.32. The van der Waals surface area contributed by atoms with E-state index in [1.165, 1.54) is 17.7 Å². The number of fused-ring (bicyclic) bond motifs is 1. The van der Waals surface area contributed by atoms with Crippen LogP contribution in [0.25, 0.3) is 11.5 Å². The van der Waals surface area contributed by atoms with Crippen molar-refractivity contribution in [2.75, 3.05) is 38.3 Å². The minimum atomic E-state index is -4.02. The molecule has 0 radical (unpaired) electrons. The second-order valence-corrected chi connectivity index (χ2v) is 11.7. The number of ether oxygens (including phenoxy) is 3. The Kier molecular flexibility index (Phi) is 6.91. The first kappa shape index (κ1) is 25.3. The molecule has 0 unspecified atom stereocenters. The van der Waals surface area contributed by atoms with E-state index in [1.54, 1.807) is 37.4 Å². The Morgan fingerprint density at radius 2 is 1.64 bits per heavy atom. The highest BCUT2D eigenvalue weighted by atomic mass is 32.2. The quantitative estimate of drug-likeness (QED) is 0.304. The Labute approximate surface area is 228 Å². The van der Waals surface area contributed by atoms with Crippen molar-refractivity contribution in [1.29, 1.82) is 0 Å². The summed E-state index contributed by atoms with van der Waals surface area (Å²) in [5.41, 5.74) is 1.99. The van der Waals surface area contributed by atoms with Crippen LogP contribution >= 0.6 is 0 Å². The highest BCUT2D eigenvalue weighted by Crippen LogP contribution is 2.39. The van der Waals surface area contributed by atoms with Crippen LogP contribution in [0.1, 0.15) is 18.4 Å². The van der Waals surface area contributed by atoms with E-state index < -0.39 is 9.84 Å². The number of hydrogen-bond acceptors (Lipinski definition) is 8. The van der Waals surface area contributed by atoms with Crippen LogP contribution in [-0.4, -0.2) is 46.8 Å². The summed E-state index contributed by atoms with van der Waals surface area (Å²) in [6.07, 6.45) is 2.86. The number of oxazole rings is 1. The number of sulfone groups is 1. The largest absolute Gasteiger partial charge is 0.497 e. The Balaban J connectivity index is 1.33. The van der Waals surface area contributed by atoms with Crippen molar-refractivity contribution in [3.8, 4) is 28.7 Å². The van der Waals surface area contributed by atoms with Crippen LogP contribution in [0.3, 0.4) is 0 Å². The van der Waals surface area contributed by atoms with Crippen molar-refractivity contribution in [3.05, 3.63) is 78.4 Å². The molecule has 1 fully saturated rings. The zero-order valence-corrected chi connectivity index (χ0v) is 22.5. The lowest BCUT2D eigenvalue weighted by Crippen LogP contribution is -2.34. The zero-order chi connectivity index (χ0) is 26.8. The van der Waals surface area contributed by atoms with Crippen molar-refractivity contribution >= 4 is 15.7 Å². The molecule has 8 nitrogen and oxygen atoms in total. The second kappa shape index (κ2) is 10.6. The molecule has 1 aromatic heterocycles. The van der Waals surface area contributed by atoms with E-state index in [4.69, 9.17) is 18.6 Å². The summed E-state index contributed by atoms with van der Waals surface area (Å²) in [6, 6.07) is 22.3. The van der Waals surface area contributed by atoms with Gasteiger partial charge < -0.3 is 23.5 Å². The summed E-state index contributed by atoms with van der Waals surface area (Å²) in [5.74, 6) is 2.66. The molecule has 202 valence electrons. The van der Waals surface area contributed by atoms with Gasteiger partial charge >= 0.3 is 0 Å².